The number of alkyl halides is 3. The number of aryl methyl sites for hydroxylation is 1. The molecule has 0 radical (unpaired) electrons. The zero-order valence-electron chi connectivity index (χ0n) is 13.1. The van der Waals surface area contributed by atoms with Crippen LogP contribution in [0.25, 0.3) is 0 Å². The quantitative estimate of drug-likeness (QED) is 0.859. The van der Waals surface area contributed by atoms with Crippen LogP contribution in [0.1, 0.15) is 22.7 Å². The van der Waals surface area contributed by atoms with E-state index in [-0.39, 0.29) is 24.9 Å². The molecule has 0 spiro atoms. The van der Waals surface area contributed by atoms with Crippen molar-refractivity contribution in [3.63, 3.8) is 0 Å². The lowest BCUT2D eigenvalue weighted by Gasteiger charge is -2.15. The van der Waals surface area contributed by atoms with Crippen molar-refractivity contribution in [1.82, 2.24) is 20.4 Å². The van der Waals surface area contributed by atoms with Crippen molar-refractivity contribution >= 4 is 18.3 Å². The van der Waals surface area contributed by atoms with E-state index < -0.39 is 17.8 Å². The Kier molecular flexibility index (Phi) is 6.80. The SMILES string of the molecule is CNC(C(=O)NCc1ccc(C(F)(F)F)cc1)c1cnn(C)c1.Cl. The summed E-state index contributed by atoms with van der Waals surface area (Å²) in [5.74, 6) is -0.277. The lowest BCUT2D eigenvalue weighted by molar-refractivity contribution is -0.137. The number of rotatable bonds is 5. The monoisotopic (exact) mass is 362 g/mol. The minimum Gasteiger partial charge on any atom is -0.350 e. The zero-order chi connectivity index (χ0) is 17.0. The third-order valence-corrected chi connectivity index (χ3v) is 3.36. The molecule has 9 heteroatoms. The van der Waals surface area contributed by atoms with E-state index in [9.17, 15) is 18.0 Å². The van der Waals surface area contributed by atoms with Gasteiger partial charge in [0.15, 0.2) is 0 Å². The smallest absolute Gasteiger partial charge is 0.350 e. The van der Waals surface area contributed by atoms with Gasteiger partial charge < -0.3 is 10.6 Å². The van der Waals surface area contributed by atoms with Gasteiger partial charge in [0.1, 0.15) is 6.04 Å². The first-order valence-corrected chi connectivity index (χ1v) is 6.91. The minimum atomic E-state index is -4.36. The second-order valence-corrected chi connectivity index (χ2v) is 5.08. The molecule has 1 aromatic carbocycles. The van der Waals surface area contributed by atoms with Gasteiger partial charge in [0, 0.05) is 25.4 Å². The number of likely N-dealkylation sites (N-methyl/N-ethyl adjacent to an activating group) is 1. The molecule has 1 atom stereocenters. The number of hydrogen-bond acceptors (Lipinski definition) is 3. The first-order chi connectivity index (χ1) is 10.8. The number of benzene rings is 1. The van der Waals surface area contributed by atoms with Gasteiger partial charge in [-0.2, -0.15) is 18.3 Å². The van der Waals surface area contributed by atoms with Crippen molar-refractivity contribution in [3.8, 4) is 0 Å². The van der Waals surface area contributed by atoms with Gasteiger partial charge in [-0.1, -0.05) is 12.1 Å². The van der Waals surface area contributed by atoms with Crippen LogP contribution in [0.3, 0.4) is 0 Å². The minimum absolute atomic E-state index is 0. The molecule has 1 heterocycles. The van der Waals surface area contributed by atoms with E-state index in [1.807, 2.05) is 0 Å². The average molecular weight is 363 g/mol. The third-order valence-electron chi connectivity index (χ3n) is 3.36. The number of carbonyl (C=O) groups excluding carboxylic acids is 1. The van der Waals surface area contributed by atoms with Gasteiger partial charge in [-0.15, -0.1) is 12.4 Å². The van der Waals surface area contributed by atoms with Gasteiger partial charge in [-0.25, -0.2) is 0 Å². The van der Waals surface area contributed by atoms with Gasteiger partial charge in [-0.3, -0.25) is 9.48 Å². The lowest BCUT2D eigenvalue weighted by Crippen LogP contribution is -2.35. The van der Waals surface area contributed by atoms with E-state index in [2.05, 4.69) is 15.7 Å². The summed E-state index contributed by atoms with van der Waals surface area (Å²) in [5.41, 5.74) is 0.586. The van der Waals surface area contributed by atoms with E-state index in [1.165, 1.54) is 12.1 Å². The molecule has 0 saturated heterocycles. The van der Waals surface area contributed by atoms with Crippen LogP contribution in [0, 0.1) is 0 Å². The van der Waals surface area contributed by atoms with Crippen LogP contribution in [0.2, 0.25) is 0 Å². The molecule has 0 aliphatic rings. The molecule has 132 valence electrons. The van der Waals surface area contributed by atoms with Crippen LogP contribution in [0.15, 0.2) is 36.7 Å². The second kappa shape index (κ2) is 8.16. The average Bonchev–Trinajstić information content (AvgIpc) is 2.91. The number of halogens is 4. The number of hydrogen-bond donors (Lipinski definition) is 2. The molecule has 0 fully saturated rings. The fourth-order valence-corrected chi connectivity index (χ4v) is 2.14. The Morgan fingerprint density at radius 2 is 1.92 bits per heavy atom. The molecule has 5 nitrogen and oxygen atoms in total. The first-order valence-electron chi connectivity index (χ1n) is 6.91. The molecule has 0 saturated carbocycles. The maximum Gasteiger partial charge on any atom is 0.416 e. The van der Waals surface area contributed by atoms with E-state index >= 15 is 0 Å². The summed E-state index contributed by atoms with van der Waals surface area (Å²) >= 11 is 0. The summed E-state index contributed by atoms with van der Waals surface area (Å²) in [7, 11) is 3.39. The third kappa shape index (κ3) is 4.97. The molecule has 24 heavy (non-hydrogen) atoms. The molecule has 1 aromatic heterocycles. The predicted molar refractivity (Wildman–Crippen MR) is 85.5 cm³/mol. The fraction of sp³-hybridized carbons (Fsp3) is 0.333. The predicted octanol–water partition coefficient (Wildman–Crippen LogP) is 2.44. The molecule has 1 unspecified atom stereocenters. The van der Waals surface area contributed by atoms with Gasteiger partial charge >= 0.3 is 6.18 Å². The van der Waals surface area contributed by atoms with Crippen molar-refractivity contribution in [3.05, 3.63) is 53.3 Å². The Bertz CT molecular complexity index is 670. The van der Waals surface area contributed by atoms with Crippen molar-refractivity contribution in [2.45, 2.75) is 18.8 Å². The van der Waals surface area contributed by atoms with Gasteiger partial charge in [0.05, 0.1) is 11.8 Å². The molecule has 0 aliphatic heterocycles. The number of carbonyl (C=O) groups is 1. The zero-order valence-corrected chi connectivity index (χ0v) is 13.9. The van der Waals surface area contributed by atoms with Crippen molar-refractivity contribution in [2.75, 3.05) is 7.05 Å². The molecular formula is C15H18ClF3N4O. The van der Waals surface area contributed by atoms with Crippen LogP contribution in [-0.2, 0) is 24.6 Å². The molecule has 2 N–H and O–H groups in total. The van der Waals surface area contributed by atoms with E-state index in [0.717, 1.165) is 12.1 Å². The molecule has 0 bridgehead atoms. The van der Waals surface area contributed by atoms with Crippen LogP contribution < -0.4 is 10.6 Å². The molecule has 1 amide bonds. The normalized spacial score (nSPS) is 12.4. The lowest BCUT2D eigenvalue weighted by atomic mass is 10.1. The Morgan fingerprint density at radius 3 is 2.38 bits per heavy atom. The van der Waals surface area contributed by atoms with Gasteiger partial charge in [0.25, 0.3) is 0 Å². The van der Waals surface area contributed by atoms with Crippen LogP contribution >= 0.6 is 12.4 Å². The number of nitrogens with zero attached hydrogens (tertiary/aromatic N) is 2. The summed E-state index contributed by atoms with van der Waals surface area (Å²) in [6, 6.07) is 4.12. The summed E-state index contributed by atoms with van der Waals surface area (Å²) in [4.78, 5) is 12.2. The molecule has 2 aromatic rings. The highest BCUT2D eigenvalue weighted by Crippen LogP contribution is 2.29. The van der Waals surface area contributed by atoms with Crippen LogP contribution in [0.5, 0.6) is 0 Å². The topological polar surface area (TPSA) is 59.0 Å². The van der Waals surface area contributed by atoms with Gasteiger partial charge in [-0.05, 0) is 24.7 Å². The maximum absolute atomic E-state index is 12.5. The van der Waals surface area contributed by atoms with Crippen LogP contribution in [0.4, 0.5) is 13.2 Å². The Labute approximate surface area is 143 Å². The summed E-state index contributed by atoms with van der Waals surface area (Å²) in [6.45, 7) is 0.148. The molecule has 0 aliphatic carbocycles. The second-order valence-electron chi connectivity index (χ2n) is 5.08. The highest BCUT2D eigenvalue weighted by atomic mass is 35.5. The Balaban J connectivity index is 0.00000288. The number of aromatic nitrogens is 2. The first kappa shape index (κ1) is 20.0. The number of amides is 1. The van der Waals surface area contributed by atoms with E-state index in [1.54, 1.807) is 31.2 Å². The van der Waals surface area contributed by atoms with Gasteiger partial charge in [0.2, 0.25) is 5.91 Å². The van der Waals surface area contributed by atoms with Crippen LogP contribution in [-0.4, -0.2) is 22.7 Å². The Hall–Kier alpha value is -2.06. The summed E-state index contributed by atoms with van der Waals surface area (Å²) in [6.07, 6.45) is -1.06. The molecular weight excluding hydrogens is 345 g/mol. The van der Waals surface area contributed by atoms with Crippen molar-refractivity contribution < 1.29 is 18.0 Å². The maximum atomic E-state index is 12.5. The summed E-state index contributed by atoms with van der Waals surface area (Å²) < 4.78 is 39.1. The van der Waals surface area contributed by atoms with Crippen molar-refractivity contribution in [1.29, 1.82) is 0 Å². The van der Waals surface area contributed by atoms with E-state index in [0.29, 0.717) is 11.1 Å². The molecule has 2 rings (SSSR count). The summed E-state index contributed by atoms with van der Waals surface area (Å²) in [5, 5.41) is 9.59. The highest BCUT2D eigenvalue weighted by Gasteiger charge is 2.30. The number of nitrogens with one attached hydrogen (secondary N) is 2. The van der Waals surface area contributed by atoms with Crippen molar-refractivity contribution in [2.24, 2.45) is 7.05 Å². The Morgan fingerprint density at radius 1 is 1.29 bits per heavy atom. The largest absolute Gasteiger partial charge is 0.416 e. The highest BCUT2D eigenvalue weighted by molar-refractivity contribution is 5.85. The fourth-order valence-electron chi connectivity index (χ4n) is 2.14. The van der Waals surface area contributed by atoms with E-state index in [4.69, 9.17) is 0 Å². The standard InChI is InChI=1S/C15H17F3N4O.ClH/c1-19-13(11-8-21-22(2)9-11)14(23)20-7-10-3-5-12(6-4-10)15(16,17)18;/h3-6,8-9,13,19H,7H2,1-2H3,(H,20,23);1H.